The van der Waals surface area contributed by atoms with Gasteiger partial charge in [-0.25, -0.2) is 9.59 Å². The molecule has 2 amide bonds. The Kier molecular flexibility index (Phi) is 9.75. The summed E-state index contributed by atoms with van der Waals surface area (Å²) in [4.78, 5) is 50.8. The van der Waals surface area contributed by atoms with E-state index in [0.29, 0.717) is 4.90 Å². The van der Waals surface area contributed by atoms with Crippen molar-refractivity contribution in [2.75, 3.05) is 33.6 Å². The lowest BCUT2D eigenvalue weighted by atomic mass is 10.1. The van der Waals surface area contributed by atoms with E-state index in [-0.39, 0.29) is 23.6 Å². The number of carbonyl (C=O) groups is 4. The van der Waals surface area contributed by atoms with Crippen LogP contribution in [0.15, 0.2) is 59.5 Å². The van der Waals surface area contributed by atoms with Gasteiger partial charge in [0.1, 0.15) is 6.04 Å². The molecule has 2 aromatic rings. The van der Waals surface area contributed by atoms with Gasteiger partial charge in [0.05, 0.1) is 18.4 Å². The number of hydrogen-bond acceptors (Lipinski definition) is 7. The molecule has 1 N–H and O–H groups in total. The summed E-state index contributed by atoms with van der Waals surface area (Å²) in [5.74, 6) is -1.85. The molecule has 0 fully saturated rings. The topological polar surface area (TPSA) is 102 Å². The highest BCUT2D eigenvalue weighted by atomic mass is 32.2. The van der Waals surface area contributed by atoms with Crippen LogP contribution in [0.25, 0.3) is 0 Å². The molecule has 1 atom stereocenters. The molecular weight excluding hydrogens is 432 g/mol. The first-order valence-corrected chi connectivity index (χ1v) is 10.8. The number of methoxy groups -OCH3 is 1. The van der Waals surface area contributed by atoms with Crippen molar-refractivity contribution in [3.05, 3.63) is 65.7 Å². The highest BCUT2D eigenvalue weighted by molar-refractivity contribution is 8.00. The van der Waals surface area contributed by atoms with Crippen molar-refractivity contribution in [1.82, 2.24) is 10.2 Å². The number of amides is 2. The smallest absolute Gasteiger partial charge is 0.339 e. The van der Waals surface area contributed by atoms with Crippen molar-refractivity contribution in [2.24, 2.45) is 0 Å². The molecule has 0 heterocycles. The fourth-order valence-electron chi connectivity index (χ4n) is 2.66. The van der Waals surface area contributed by atoms with Crippen LogP contribution in [0.5, 0.6) is 0 Å². The van der Waals surface area contributed by atoms with Gasteiger partial charge in [-0.1, -0.05) is 42.5 Å². The molecule has 170 valence electrons. The monoisotopic (exact) mass is 458 g/mol. The zero-order valence-electron chi connectivity index (χ0n) is 18.2. The van der Waals surface area contributed by atoms with Crippen molar-refractivity contribution in [2.45, 2.75) is 17.4 Å². The third kappa shape index (κ3) is 7.73. The van der Waals surface area contributed by atoms with Crippen LogP contribution in [0.1, 0.15) is 15.9 Å². The van der Waals surface area contributed by atoms with E-state index in [0.717, 1.165) is 5.56 Å². The molecule has 2 rings (SSSR count). The Bertz CT molecular complexity index is 949. The first-order chi connectivity index (χ1) is 15.3. The minimum Gasteiger partial charge on any atom is -0.467 e. The van der Waals surface area contributed by atoms with Crippen LogP contribution >= 0.6 is 11.8 Å². The van der Waals surface area contributed by atoms with E-state index >= 15 is 0 Å². The highest BCUT2D eigenvalue weighted by Crippen LogP contribution is 2.23. The fourth-order valence-corrected chi connectivity index (χ4v) is 3.68. The van der Waals surface area contributed by atoms with Gasteiger partial charge in [-0.2, -0.15) is 0 Å². The maximum absolute atomic E-state index is 12.5. The van der Waals surface area contributed by atoms with Crippen LogP contribution in [0, 0.1) is 0 Å². The lowest BCUT2D eigenvalue weighted by molar-refractivity contribution is -0.145. The van der Waals surface area contributed by atoms with Gasteiger partial charge in [0.15, 0.2) is 6.61 Å². The van der Waals surface area contributed by atoms with Crippen LogP contribution in [0.2, 0.25) is 0 Å². The Morgan fingerprint density at radius 3 is 2.31 bits per heavy atom. The average molecular weight is 459 g/mol. The number of carbonyl (C=O) groups excluding carboxylic acids is 4. The SMILES string of the molecule is COC(=O)C(Cc1ccccc1)NC(=O)COC(=O)c1ccccc1SCC(=O)N(C)C. The first-order valence-electron chi connectivity index (χ1n) is 9.82. The predicted molar refractivity (Wildman–Crippen MR) is 120 cm³/mol. The van der Waals surface area contributed by atoms with Gasteiger partial charge >= 0.3 is 11.9 Å². The molecule has 0 bridgehead atoms. The Hall–Kier alpha value is -3.33. The van der Waals surface area contributed by atoms with Gasteiger partial charge in [-0.3, -0.25) is 9.59 Å². The summed E-state index contributed by atoms with van der Waals surface area (Å²) in [7, 11) is 4.55. The summed E-state index contributed by atoms with van der Waals surface area (Å²) in [5.41, 5.74) is 1.10. The zero-order valence-corrected chi connectivity index (χ0v) is 19.0. The van der Waals surface area contributed by atoms with E-state index in [2.05, 4.69) is 5.32 Å². The van der Waals surface area contributed by atoms with Crippen molar-refractivity contribution in [1.29, 1.82) is 0 Å². The van der Waals surface area contributed by atoms with Gasteiger partial charge in [0.25, 0.3) is 5.91 Å². The lowest BCUT2D eigenvalue weighted by Gasteiger charge is -2.17. The third-order valence-corrected chi connectivity index (χ3v) is 5.45. The molecule has 0 saturated heterocycles. The summed E-state index contributed by atoms with van der Waals surface area (Å²) in [6.45, 7) is -0.559. The van der Waals surface area contributed by atoms with Gasteiger partial charge in [0.2, 0.25) is 5.91 Å². The summed E-state index contributed by atoms with van der Waals surface area (Å²) < 4.78 is 9.90. The number of nitrogens with zero attached hydrogens (tertiary/aromatic N) is 1. The van der Waals surface area contributed by atoms with Crippen LogP contribution in [-0.4, -0.2) is 68.3 Å². The van der Waals surface area contributed by atoms with Gasteiger partial charge in [-0.05, 0) is 17.7 Å². The molecular formula is C23H26N2O6S. The molecule has 9 heteroatoms. The zero-order chi connectivity index (χ0) is 23.5. The van der Waals surface area contributed by atoms with E-state index in [1.807, 2.05) is 30.3 Å². The maximum atomic E-state index is 12.5. The molecule has 0 spiro atoms. The summed E-state index contributed by atoms with van der Waals surface area (Å²) in [6.07, 6.45) is 0.243. The van der Waals surface area contributed by atoms with Crippen LogP contribution in [0.4, 0.5) is 0 Å². The fraction of sp³-hybridized carbons (Fsp3) is 0.304. The van der Waals surface area contributed by atoms with Gasteiger partial charge in [0, 0.05) is 25.4 Å². The summed E-state index contributed by atoms with van der Waals surface area (Å²) >= 11 is 1.21. The lowest BCUT2D eigenvalue weighted by Crippen LogP contribution is -2.44. The number of thioether (sulfide) groups is 1. The predicted octanol–water partition coefficient (Wildman–Crippen LogP) is 1.92. The molecule has 0 aliphatic rings. The van der Waals surface area contributed by atoms with Gasteiger partial charge < -0.3 is 19.7 Å². The Balaban J connectivity index is 1.96. The van der Waals surface area contributed by atoms with E-state index in [9.17, 15) is 19.2 Å². The minimum absolute atomic E-state index is 0.0928. The van der Waals surface area contributed by atoms with Crippen LogP contribution in [-0.2, 0) is 30.3 Å². The first kappa shape index (κ1) is 24.9. The van der Waals surface area contributed by atoms with Crippen LogP contribution in [0.3, 0.4) is 0 Å². The number of benzene rings is 2. The number of esters is 2. The van der Waals surface area contributed by atoms with Gasteiger partial charge in [-0.15, -0.1) is 11.8 Å². The van der Waals surface area contributed by atoms with Crippen molar-refractivity contribution >= 4 is 35.5 Å². The second-order valence-corrected chi connectivity index (χ2v) is 8.00. The molecule has 0 saturated carbocycles. The molecule has 0 radical (unpaired) electrons. The normalized spacial score (nSPS) is 11.2. The Labute approximate surface area is 191 Å². The van der Waals surface area contributed by atoms with Crippen LogP contribution < -0.4 is 5.32 Å². The average Bonchev–Trinajstić information content (AvgIpc) is 2.80. The molecule has 0 aliphatic carbocycles. The summed E-state index contributed by atoms with van der Waals surface area (Å²) in [5, 5.41) is 2.54. The molecule has 0 aromatic heterocycles. The van der Waals surface area contributed by atoms with E-state index < -0.39 is 30.5 Å². The maximum Gasteiger partial charge on any atom is 0.339 e. The third-order valence-electron chi connectivity index (χ3n) is 4.39. The number of ether oxygens (including phenoxy) is 2. The largest absolute Gasteiger partial charge is 0.467 e. The Morgan fingerprint density at radius 2 is 1.66 bits per heavy atom. The number of nitrogens with one attached hydrogen (secondary N) is 1. The minimum atomic E-state index is -0.909. The molecule has 0 aliphatic heterocycles. The second-order valence-electron chi connectivity index (χ2n) is 6.98. The molecule has 2 aromatic carbocycles. The molecule has 8 nitrogen and oxygen atoms in total. The molecule has 32 heavy (non-hydrogen) atoms. The Morgan fingerprint density at radius 1 is 1.00 bits per heavy atom. The van der Waals surface area contributed by atoms with Crippen molar-refractivity contribution < 1.29 is 28.7 Å². The van der Waals surface area contributed by atoms with Crippen molar-refractivity contribution in [3.8, 4) is 0 Å². The number of hydrogen-bond donors (Lipinski definition) is 1. The quantitative estimate of drug-likeness (QED) is 0.429. The number of rotatable bonds is 10. The van der Waals surface area contributed by atoms with E-state index in [1.165, 1.54) is 23.8 Å². The molecule has 1 unspecified atom stereocenters. The standard InChI is InChI=1S/C23H26N2O6S/c1-25(2)21(27)15-32-19-12-8-7-11-17(19)22(28)31-14-20(26)24-18(23(29)30-3)13-16-9-5-4-6-10-16/h4-12,18H,13-15H2,1-3H3,(H,24,26). The highest BCUT2D eigenvalue weighted by Gasteiger charge is 2.23. The van der Waals surface area contributed by atoms with E-state index in [1.54, 1.807) is 38.4 Å². The second kappa shape index (κ2) is 12.5. The van der Waals surface area contributed by atoms with Crippen molar-refractivity contribution in [3.63, 3.8) is 0 Å². The summed E-state index contributed by atoms with van der Waals surface area (Å²) in [6, 6.07) is 14.9. The van der Waals surface area contributed by atoms with E-state index in [4.69, 9.17) is 9.47 Å².